The summed E-state index contributed by atoms with van der Waals surface area (Å²) in [5.41, 5.74) is 7.05. The summed E-state index contributed by atoms with van der Waals surface area (Å²) >= 11 is 7.82. The first-order valence-corrected chi connectivity index (χ1v) is 11.9. The molecular formula is C27H26N2OS2. The zero-order valence-corrected chi connectivity index (χ0v) is 20.4. The molecule has 0 saturated carbocycles. The summed E-state index contributed by atoms with van der Waals surface area (Å²) in [6, 6.07) is 25.5. The normalized spacial score (nSPS) is 14.1. The highest BCUT2D eigenvalue weighted by Gasteiger charge is 2.40. The van der Waals surface area contributed by atoms with E-state index in [0.29, 0.717) is 0 Å². The lowest BCUT2D eigenvalue weighted by atomic mass is 9.86. The zero-order chi connectivity index (χ0) is 22.5. The van der Waals surface area contributed by atoms with Crippen LogP contribution in [0, 0.1) is 11.6 Å². The second-order valence-electron chi connectivity index (χ2n) is 8.74. The first kappa shape index (κ1) is 21.0. The lowest BCUT2D eigenvalue weighted by Gasteiger charge is -2.44. The van der Waals surface area contributed by atoms with E-state index in [9.17, 15) is 0 Å². The number of rotatable bonds is 4. The average molecular weight is 459 g/mol. The summed E-state index contributed by atoms with van der Waals surface area (Å²) in [4.78, 5) is 3.82. The first-order valence-electron chi connectivity index (χ1n) is 10.7. The van der Waals surface area contributed by atoms with Crippen LogP contribution in [0.2, 0.25) is 0 Å². The predicted octanol–water partition coefficient (Wildman–Crippen LogP) is 7.51. The van der Waals surface area contributed by atoms with Gasteiger partial charge < -0.3 is 9.64 Å². The minimum Gasteiger partial charge on any atom is -0.497 e. The van der Waals surface area contributed by atoms with Crippen LogP contribution in [0.4, 0.5) is 5.69 Å². The molecule has 0 unspecified atom stereocenters. The summed E-state index contributed by atoms with van der Waals surface area (Å²) in [5, 5.41) is 0. The summed E-state index contributed by atoms with van der Waals surface area (Å²) in [6.07, 6.45) is 0. The predicted molar refractivity (Wildman–Crippen MR) is 137 cm³/mol. The van der Waals surface area contributed by atoms with Gasteiger partial charge in [0, 0.05) is 23.4 Å². The number of anilines is 1. The van der Waals surface area contributed by atoms with E-state index >= 15 is 0 Å². The van der Waals surface area contributed by atoms with Crippen LogP contribution >= 0.6 is 23.8 Å². The van der Waals surface area contributed by atoms with E-state index in [1.165, 1.54) is 32.8 Å². The number of hydrogen-bond donors (Lipinski definition) is 0. The average Bonchev–Trinajstić information content (AvgIpc) is 3.16. The third-order valence-electron chi connectivity index (χ3n) is 6.24. The monoisotopic (exact) mass is 458 g/mol. The van der Waals surface area contributed by atoms with Crippen LogP contribution in [0.15, 0.2) is 72.8 Å². The molecule has 0 saturated heterocycles. The maximum atomic E-state index is 6.07. The molecule has 5 heteroatoms. The van der Waals surface area contributed by atoms with Gasteiger partial charge in [0.25, 0.3) is 0 Å². The van der Waals surface area contributed by atoms with Crippen molar-refractivity contribution in [2.75, 3.05) is 12.0 Å². The highest BCUT2D eigenvalue weighted by atomic mass is 32.1. The minimum atomic E-state index is -0.205. The zero-order valence-electron chi connectivity index (χ0n) is 18.8. The van der Waals surface area contributed by atoms with Crippen LogP contribution in [0.1, 0.15) is 29.9 Å². The van der Waals surface area contributed by atoms with Gasteiger partial charge in [0.15, 0.2) is 0 Å². The van der Waals surface area contributed by atoms with E-state index in [-0.39, 0.29) is 5.54 Å². The van der Waals surface area contributed by atoms with Gasteiger partial charge in [0.05, 0.1) is 23.2 Å². The van der Waals surface area contributed by atoms with Crippen molar-refractivity contribution in [2.45, 2.75) is 32.9 Å². The molecule has 1 aromatic heterocycles. The van der Waals surface area contributed by atoms with Crippen molar-refractivity contribution in [3.05, 3.63) is 93.4 Å². The van der Waals surface area contributed by atoms with Crippen molar-refractivity contribution < 1.29 is 4.74 Å². The molecule has 32 heavy (non-hydrogen) atoms. The fourth-order valence-corrected chi connectivity index (χ4v) is 6.19. The molecule has 0 atom stereocenters. The molecule has 1 aliphatic rings. The van der Waals surface area contributed by atoms with Gasteiger partial charge in [0.1, 0.15) is 10.4 Å². The number of methoxy groups -OCH3 is 1. The Bertz CT molecular complexity index is 1330. The van der Waals surface area contributed by atoms with Gasteiger partial charge in [-0.2, -0.15) is 0 Å². The largest absolute Gasteiger partial charge is 0.497 e. The van der Waals surface area contributed by atoms with Crippen molar-refractivity contribution >= 4 is 29.4 Å². The van der Waals surface area contributed by atoms with Gasteiger partial charge in [0.2, 0.25) is 0 Å². The lowest BCUT2D eigenvalue weighted by molar-refractivity contribution is 0.415. The molecule has 3 nitrogen and oxygen atoms in total. The standard InChI is InChI=1S/C27H26N2OS2/c1-18-10-15-23-22(16-18)24-25(27(2,3)28(23)17-19-8-6-5-7-9-19)32-29(26(24)31)20-11-13-21(30-4)14-12-20/h5-16H,17H2,1-4H3. The maximum Gasteiger partial charge on any atom is 0.129 e. The van der Waals surface area contributed by atoms with Crippen molar-refractivity contribution in [1.82, 2.24) is 3.96 Å². The SMILES string of the molecule is COc1ccc(-n2sc3c(c2=S)-c2cc(C)ccc2N(Cc2ccccc2)C3(C)C)cc1. The van der Waals surface area contributed by atoms with Crippen molar-refractivity contribution in [2.24, 2.45) is 0 Å². The number of ether oxygens (including phenoxy) is 1. The van der Waals surface area contributed by atoms with Crippen molar-refractivity contribution in [3.63, 3.8) is 0 Å². The van der Waals surface area contributed by atoms with Gasteiger partial charge in [-0.3, -0.25) is 3.96 Å². The smallest absolute Gasteiger partial charge is 0.129 e. The number of aromatic nitrogens is 1. The maximum absolute atomic E-state index is 6.07. The molecule has 4 aromatic rings. The van der Waals surface area contributed by atoms with Gasteiger partial charge in [-0.1, -0.05) is 65.7 Å². The highest BCUT2D eigenvalue weighted by Crippen LogP contribution is 2.51. The molecule has 1 aliphatic heterocycles. The highest BCUT2D eigenvalue weighted by molar-refractivity contribution is 7.71. The molecule has 0 bridgehead atoms. The van der Waals surface area contributed by atoms with Gasteiger partial charge >= 0.3 is 0 Å². The van der Waals surface area contributed by atoms with Crippen LogP contribution in [0.25, 0.3) is 16.8 Å². The Balaban J connectivity index is 1.71. The van der Waals surface area contributed by atoms with Gasteiger partial charge in [-0.25, -0.2) is 0 Å². The van der Waals surface area contributed by atoms with Crippen molar-refractivity contribution in [3.8, 4) is 22.6 Å². The molecule has 162 valence electrons. The Morgan fingerprint density at radius 2 is 1.69 bits per heavy atom. The third kappa shape index (κ3) is 3.37. The Kier molecular flexibility index (Phi) is 5.19. The summed E-state index contributed by atoms with van der Waals surface area (Å²) in [5.74, 6) is 0.844. The van der Waals surface area contributed by atoms with E-state index in [1.54, 1.807) is 18.6 Å². The fraction of sp³-hybridized carbons (Fsp3) is 0.222. The molecule has 2 heterocycles. The fourth-order valence-electron chi connectivity index (χ4n) is 4.48. The molecule has 5 rings (SSSR count). The quantitative estimate of drug-likeness (QED) is 0.295. The number of fused-ring (bicyclic) bond motifs is 3. The number of aryl methyl sites for hydroxylation is 1. The summed E-state index contributed by atoms with van der Waals surface area (Å²) in [7, 11) is 1.69. The number of hydrogen-bond acceptors (Lipinski definition) is 4. The minimum absolute atomic E-state index is 0.205. The molecule has 0 radical (unpaired) electrons. The Morgan fingerprint density at radius 3 is 2.38 bits per heavy atom. The number of benzene rings is 3. The van der Waals surface area contributed by atoms with Crippen LogP contribution in [-0.4, -0.2) is 11.1 Å². The summed E-state index contributed by atoms with van der Waals surface area (Å²) < 4.78 is 8.39. The molecule has 0 N–H and O–H groups in total. The van der Waals surface area contributed by atoms with E-state index < -0.39 is 0 Å². The Hall–Kier alpha value is -2.89. The third-order valence-corrected chi connectivity index (χ3v) is 8.21. The van der Waals surface area contributed by atoms with E-state index in [0.717, 1.165) is 22.6 Å². The van der Waals surface area contributed by atoms with Gasteiger partial charge in [-0.15, -0.1) is 0 Å². The van der Waals surface area contributed by atoms with E-state index in [4.69, 9.17) is 17.0 Å². The second kappa shape index (κ2) is 7.91. The van der Waals surface area contributed by atoms with Gasteiger partial charge in [-0.05, 0) is 62.7 Å². The second-order valence-corrected chi connectivity index (χ2v) is 10.1. The Morgan fingerprint density at radius 1 is 0.969 bits per heavy atom. The lowest BCUT2D eigenvalue weighted by Crippen LogP contribution is -2.43. The molecule has 0 spiro atoms. The van der Waals surface area contributed by atoms with Crippen LogP contribution in [0.3, 0.4) is 0 Å². The number of nitrogens with zero attached hydrogens (tertiary/aromatic N) is 2. The van der Waals surface area contributed by atoms with Crippen LogP contribution in [-0.2, 0) is 12.1 Å². The van der Waals surface area contributed by atoms with Crippen molar-refractivity contribution in [1.29, 1.82) is 0 Å². The topological polar surface area (TPSA) is 17.4 Å². The molecule has 0 amide bonds. The Labute approximate surface area is 198 Å². The first-order chi connectivity index (χ1) is 15.4. The van der Waals surface area contributed by atoms with Crippen LogP contribution in [0.5, 0.6) is 5.75 Å². The van der Waals surface area contributed by atoms with E-state index in [2.05, 4.69) is 90.3 Å². The van der Waals surface area contributed by atoms with E-state index in [1.807, 2.05) is 12.1 Å². The molecule has 3 aromatic carbocycles. The molecule has 0 fully saturated rings. The van der Waals surface area contributed by atoms with Crippen LogP contribution < -0.4 is 9.64 Å². The molecule has 0 aliphatic carbocycles. The summed E-state index contributed by atoms with van der Waals surface area (Å²) in [6.45, 7) is 7.60. The molecular weight excluding hydrogens is 432 g/mol.